The number of rotatable bonds is 14. The van der Waals surface area contributed by atoms with E-state index in [2.05, 4.69) is 10.6 Å². The van der Waals surface area contributed by atoms with Gasteiger partial charge in [0.05, 0.1) is 27.2 Å². The van der Waals surface area contributed by atoms with E-state index in [1.807, 2.05) is 12.1 Å². The van der Waals surface area contributed by atoms with Crippen LogP contribution in [0.3, 0.4) is 0 Å². The molecule has 34 heavy (non-hydrogen) atoms. The van der Waals surface area contributed by atoms with Crippen LogP contribution in [-0.4, -0.2) is 56.8 Å². The van der Waals surface area contributed by atoms with E-state index in [-0.39, 0.29) is 18.7 Å². The second-order valence-electron chi connectivity index (χ2n) is 7.69. The molecule has 184 valence electrons. The van der Waals surface area contributed by atoms with Crippen LogP contribution < -0.4 is 24.8 Å². The topological polar surface area (TPSA) is 123 Å². The molecule has 9 nitrogen and oxygen atoms in total. The molecule has 2 aromatic carbocycles. The van der Waals surface area contributed by atoms with Gasteiger partial charge in [0.25, 0.3) is 0 Å². The lowest BCUT2D eigenvalue weighted by Gasteiger charge is -2.21. The summed E-state index contributed by atoms with van der Waals surface area (Å²) < 4.78 is 15.9. The molecule has 2 rings (SSSR count). The second kappa shape index (κ2) is 13.7. The van der Waals surface area contributed by atoms with E-state index >= 15 is 0 Å². The molecule has 0 spiro atoms. The van der Waals surface area contributed by atoms with Crippen molar-refractivity contribution in [2.75, 3.05) is 27.9 Å². The summed E-state index contributed by atoms with van der Waals surface area (Å²) in [5.41, 5.74) is 0.831. The summed E-state index contributed by atoms with van der Waals surface area (Å²) in [5, 5.41) is 14.5. The summed E-state index contributed by atoms with van der Waals surface area (Å²) in [6, 6.07) is 13.4. The summed E-state index contributed by atoms with van der Waals surface area (Å²) >= 11 is 0. The normalized spacial score (nSPS) is 12.2. The Morgan fingerprint density at radius 3 is 1.97 bits per heavy atom. The predicted molar refractivity (Wildman–Crippen MR) is 126 cm³/mol. The highest BCUT2D eigenvalue weighted by molar-refractivity contribution is 5.89. The number of carboxylic acids is 1. The second-order valence-corrected chi connectivity index (χ2v) is 7.69. The Morgan fingerprint density at radius 1 is 0.882 bits per heavy atom. The lowest BCUT2D eigenvalue weighted by Crippen LogP contribution is -2.49. The highest BCUT2D eigenvalue weighted by atomic mass is 16.5. The number of ether oxygens (including phenoxy) is 3. The molecule has 0 aliphatic rings. The van der Waals surface area contributed by atoms with Gasteiger partial charge in [0.2, 0.25) is 11.8 Å². The molecule has 0 heterocycles. The van der Waals surface area contributed by atoms with Gasteiger partial charge in [-0.1, -0.05) is 12.1 Å². The number of amides is 2. The van der Waals surface area contributed by atoms with Crippen LogP contribution in [0.25, 0.3) is 0 Å². The smallest absolute Gasteiger partial charge is 0.304 e. The maximum atomic E-state index is 12.9. The van der Waals surface area contributed by atoms with E-state index in [0.717, 1.165) is 5.56 Å². The van der Waals surface area contributed by atoms with Crippen molar-refractivity contribution in [2.24, 2.45) is 5.92 Å². The first-order chi connectivity index (χ1) is 16.4. The minimum atomic E-state index is -1.08. The molecule has 2 amide bonds. The first-order valence-corrected chi connectivity index (χ1v) is 11.0. The minimum Gasteiger partial charge on any atom is -0.497 e. The molecular formula is C25H32N2O7. The van der Waals surface area contributed by atoms with Gasteiger partial charge in [-0.25, -0.2) is 0 Å². The quantitative estimate of drug-likeness (QED) is 0.361. The van der Waals surface area contributed by atoms with E-state index in [1.165, 1.54) is 7.05 Å². The third-order valence-corrected chi connectivity index (χ3v) is 5.30. The zero-order chi connectivity index (χ0) is 24.9. The lowest BCUT2D eigenvalue weighted by atomic mass is 9.97. The molecule has 0 saturated carbocycles. The Labute approximate surface area is 199 Å². The predicted octanol–water partition coefficient (Wildman–Crippen LogP) is 2.43. The Bertz CT molecular complexity index is 929. The molecule has 2 atom stereocenters. The lowest BCUT2D eigenvalue weighted by molar-refractivity contribution is -0.141. The third kappa shape index (κ3) is 8.65. The Balaban J connectivity index is 1.96. The SMILES string of the molecule is CNC(=O)[C@H](Cc1ccc(OC)cc1)NC(=O)[C@H](CCCOc1ccc(OC)cc1)CC(=O)O. The first-order valence-electron chi connectivity index (χ1n) is 11.0. The van der Waals surface area contributed by atoms with Gasteiger partial charge in [0.1, 0.15) is 23.3 Å². The van der Waals surface area contributed by atoms with Crippen LogP contribution in [0, 0.1) is 5.92 Å². The van der Waals surface area contributed by atoms with Crippen molar-refractivity contribution in [3.05, 3.63) is 54.1 Å². The van der Waals surface area contributed by atoms with Crippen molar-refractivity contribution >= 4 is 17.8 Å². The largest absolute Gasteiger partial charge is 0.497 e. The molecular weight excluding hydrogens is 440 g/mol. The number of hydrogen-bond acceptors (Lipinski definition) is 6. The van der Waals surface area contributed by atoms with E-state index in [0.29, 0.717) is 36.7 Å². The van der Waals surface area contributed by atoms with Crippen LogP contribution >= 0.6 is 0 Å². The van der Waals surface area contributed by atoms with E-state index < -0.39 is 23.8 Å². The van der Waals surface area contributed by atoms with Gasteiger partial charge in [0, 0.05) is 19.4 Å². The van der Waals surface area contributed by atoms with Gasteiger partial charge in [-0.3, -0.25) is 14.4 Å². The highest BCUT2D eigenvalue weighted by Gasteiger charge is 2.27. The van der Waals surface area contributed by atoms with Gasteiger partial charge in [-0.2, -0.15) is 0 Å². The fraction of sp³-hybridized carbons (Fsp3) is 0.400. The molecule has 0 radical (unpaired) electrons. The number of nitrogens with one attached hydrogen (secondary N) is 2. The molecule has 0 aliphatic heterocycles. The van der Waals surface area contributed by atoms with Crippen molar-refractivity contribution in [1.29, 1.82) is 0 Å². The molecule has 9 heteroatoms. The van der Waals surface area contributed by atoms with Crippen LogP contribution in [0.4, 0.5) is 0 Å². The van der Waals surface area contributed by atoms with Crippen molar-refractivity contribution in [3.63, 3.8) is 0 Å². The van der Waals surface area contributed by atoms with Crippen LogP contribution in [0.1, 0.15) is 24.8 Å². The van der Waals surface area contributed by atoms with Gasteiger partial charge in [-0.05, 0) is 54.8 Å². The summed E-state index contributed by atoms with van der Waals surface area (Å²) in [6.45, 7) is 0.320. The number of carboxylic acid groups (broad SMARTS) is 1. The van der Waals surface area contributed by atoms with Crippen LogP contribution in [-0.2, 0) is 20.8 Å². The summed E-state index contributed by atoms with van der Waals surface area (Å²) in [6.07, 6.45) is 0.699. The number of hydrogen-bond donors (Lipinski definition) is 3. The fourth-order valence-corrected chi connectivity index (χ4v) is 3.40. The minimum absolute atomic E-state index is 0.260. The van der Waals surface area contributed by atoms with Gasteiger partial charge in [0.15, 0.2) is 0 Å². The van der Waals surface area contributed by atoms with Crippen molar-refractivity contribution in [1.82, 2.24) is 10.6 Å². The number of carbonyl (C=O) groups excluding carboxylic acids is 2. The number of aliphatic carboxylic acids is 1. The molecule has 0 saturated heterocycles. The van der Waals surface area contributed by atoms with E-state index in [9.17, 15) is 19.5 Å². The summed E-state index contributed by atoms with van der Waals surface area (Å²) in [5.74, 6) is -0.661. The monoisotopic (exact) mass is 472 g/mol. The van der Waals surface area contributed by atoms with Gasteiger partial charge in [-0.15, -0.1) is 0 Å². The number of benzene rings is 2. The van der Waals surface area contributed by atoms with Crippen molar-refractivity contribution < 1.29 is 33.7 Å². The average molecular weight is 473 g/mol. The molecule has 2 aromatic rings. The molecule has 0 aliphatic carbocycles. The average Bonchev–Trinajstić information content (AvgIpc) is 2.85. The van der Waals surface area contributed by atoms with Crippen LogP contribution in [0.2, 0.25) is 0 Å². The number of carbonyl (C=O) groups is 3. The number of methoxy groups -OCH3 is 2. The maximum absolute atomic E-state index is 12.9. The summed E-state index contributed by atoms with van der Waals surface area (Å²) in [7, 11) is 4.63. The molecule has 0 aromatic heterocycles. The molecule has 0 fully saturated rings. The zero-order valence-electron chi connectivity index (χ0n) is 19.7. The maximum Gasteiger partial charge on any atom is 0.304 e. The third-order valence-electron chi connectivity index (χ3n) is 5.30. The zero-order valence-corrected chi connectivity index (χ0v) is 19.7. The standard InChI is InChI=1S/C25H32N2O7/c1-26-25(31)22(15-17-6-8-19(32-2)9-7-17)27-24(30)18(16-23(28)29)5-4-14-34-21-12-10-20(33-3)11-13-21/h6-13,18,22H,4-5,14-16H2,1-3H3,(H,26,31)(H,27,30)(H,28,29)/t18-,22+/m1/s1. The van der Waals surface area contributed by atoms with Gasteiger partial charge >= 0.3 is 5.97 Å². The Kier molecular flexibility index (Phi) is 10.7. The van der Waals surface area contributed by atoms with Crippen LogP contribution in [0.5, 0.6) is 17.2 Å². The van der Waals surface area contributed by atoms with E-state index in [1.54, 1.807) is 50.6 Å². The van der Waals surface area contributed by atoms with Crippen molar-refractivity contribution in [2.45, 2.75) is 31.7 Å². The van der Waals surface area contributed by atoms with Crippen LogP contribution in [0.15, 0.2) is 48.5 Å². The van der Waals surface area contributed by atoms with E-state index in [4.69, 9.17) is 14.2 Å². The Hall–Kier alpha value is -3.75. The Morgan fingerprint density at radius 2 is 1.44 bits per heavy atom. The summed E-state index contributed by atoms with van der Waals surface area (Å²) in [4.78, 5) is 36.6. The molecule has 0 bridgehead atoms. The number of likely N-dealkylation sites (N-methyl/N-ethyl adjacent to an activating group) is 1. The van der Waals surface area contributed by atoms with Gasteiger partial charge < -0.3 is 30.0 Å². The molecule has 3 N–H and O–H groups in total. The highest BCUT2D eigenvalue weighted by Crippen LogP contribution is 2.19. The van der Waals surface area contributed by atoms with Crippen molar-refractivity contribution in [3.8, 4) is 17.2 Å². The first kappa shape index (κ1) is 26.5. The fourth-order valence-electron chi connectivity index (χ4n) is 3.40. The molecule has 0 unspecified atom stereocenters.